The van der Waals surface area contributed by atoms with Crippen LogP contribution in [0.1, 0.15) is 38.3 Å². The van der Waals surface area contributed by atoms with Gasteiger partial charge in [-0.1, -0.05) is 32.0 Å². The van der Waals surface area contributed by atoms with Crippen molar-refractivity contribution in [2.24, 2.45) is 11.1 Å². The zero-order valence-corrected chi connectivity index (χ0v) is 12.6. The van der Waals surface area contributed by atoms with Crippen molar-refractivity contribution in [1.82, 2.24) is 14.8 Å². The average molecular weight is 272 g/mol. The molecule has 4 heteroatoms. The summed E-state index contributed by atoms with van der Waals surface area (Å²) in [4.78, 5) is 0. The van der Waals surface area contributed by atoms with Crippen LogP contribution in [0.2, 0.25) is 0 Å². The maximum absolute atomic E-state index is 5.68. The van der Waals surface area contributed by atoms with Gasteiger partial charge in [0, 0.05) is 12.1 Å². The molecule has 0 saturated heterocycles. The fourth-order valence-corrected chi connectivity index (χ4v) is 2.45. The van der Waals surface area contributed by atoms with Gasteiger partial charge in [-0.25, -0.2) is 0 Å². The highest BCUT2D eigenvalue weighted by Gasteiger charge is 2.19. The highest BCUT2D eigenvalue weighted by molar-refractivity contribution is 5.33. The summed E-state index contributed by atoms with van der Waals surface area (Å²) in [6.07, 6.45) is 3.02. The number of aryl methyl sites for hydroxylation is 2. The Morgan fingerprint density at radius 1 is 1.10 bits per heavy atom. The molecule has 2 N–H and O–H groups in total. The van der Waals surface area contributed by atoms with Crippen LogP contribution < -0.4 is 5.73 Å². The fraction of sp³-hybridized carbons (Fsp3) is 0.500. The van der Waals surface area contributed by atoms with Crippen LogP contribution in [0.25, 0.3) is 5.69 Å². The largest absolute Gasteiger partial charge is 0.330 e. The predicted octanol–water partition coefficient (Wildman–Crippen LogP) is 2.88. The van der Waals surface area contributed by atoms with Crippen molar-refractivity contribution in [3.8, 4) is 5.69 Å². The number of benzene rings is 1. The molecule has 0 aliphatic heterocycles. The molecule has 4 nitrogen and oxygen atoms in total. The number of hydrogen-bond acceptors (Lipinski definition) is 3. The van der Waals surface area contributed by atoms with Crippen LogP contribution >= 0.6 is 0 Å². The van der Waals surface area contributed by atoms with E-state index in [0.29, 0.717) is 0 Å². The number of aromatic nitrogens is 3. The van der Waals surface area contributed by atoms with Gasteiger partial charge in [-0.05, 0) is 43.9 Å². The van der Waals surface area contributed by atoms with Gasteiger partial charge >= 0.3 is 0 Å². The van der Waals surface area contributed by atoms with Crippen molar-refractivity contribution in [3.63, 3.8) is 0 Å². The first-order chi connectivity index (χ1) is 9.53. The van der Waals surface area contributed by atoms with Crippen LogP contribution in [-0.4, -0.2) is 21.3 Å². The minimum Gasteiger partial charge on any atom is -0.330 e. The van der Waals surface area contributed by atoms with Gasteiger partial charge in [0.25, 0.3) is 0 Å². The molecule has 0 amide bonds. The van der Waals surface area contributed by atoms with E-state index in [9.17, 15) is 0 Å². The molecule has 0 spiro atoms. The Balaban J connectivity index is 2.18. The van der Waals surface area contributed by atoms with Crippen molar-refractivity contribution in [2.75, 3.05) is 6.54 Å². The molecule has 2 aromatic rings. The van der Waals surface area contributed by atoms with Crippen LogP contribution in [0, 0.1) is 12.3 Å². The maximum Gasteiger partial charge on any atom is 0.137 e. The Labute approximate surface area is 121 Å². The highest BCUT2D eigenvalue weighted by Crippen LogP contribution is 2.26. The van der Waals surface area contributed by atoms with E-state index in [-0.39, 0.29) is 5.41 Å². The standard InChI is InChI=1S/C16H24N4/c1-13-18-19-15(9-10-16(2,3)11-12-17)20(13)14-7-5-4-6-8-14/h4-8H,9-12,17H2,1-3H3. The second kappa shape index (κ2) is 6.18. The second-order valence-corrected chi connectivity index (χ2v) is 6.04. The first kappa shape index (κ1) is 14.7. The Bertz CT molecular complexity index is 543. The summed E-state index contributed by atoms with van der Waals surface area (Å²) < 4.78 is 2.14. The summed E-state index contributed by atoms with van der Waals surface area (Å²) in [6, 6.07) is 10.3. The van der Waals surface area contributed by atoms with Crippen LogP contribution in [0.5, 0.6) is 0 Å². The zero-order chi connectivity index (χ0) is 14.6. The van der Waals surface area contributed by atoms with E-state index < -0.39 is 0 Å². The van der Waals surface area contributed by atoms with E-state index >= 15 is 0 Å². The lowest BCUT2D eigenvalue weighted by Gasteiger charge is -2.23. The first-order valence-electron chi connectivity index (χ1n) is 7.20. The summed E-state index contributed by atoms with van der Waals surface area (Å²) >= 11 is 0. The fourth-order valence-electron chi connectivity index (χ4n) is 2.45. The molecular formula is C16H24N4. The Morgan fingerprint density at radius 3 is 2.45 bits per heavy atom. The topological polar surface area (TPSA) is 56.7 Å². The minimum absolute atomic E-state index is 0.246. The molecule has 0 radical (unpaired) electrons. The van der Waals surface area contributed by atoms with E-state index in [1.807, 2.05) is 25.1 Å². The molecule has 2 rings (SSSR count). The number of nitrogens with zero attached hydrogens (tertiary/aromatic N) is 3. The summed E-state index contributed by atoms with van der Waals surface area (Å²) in [7, 11) is 0. The second-order valence-electron chi connectivity index (χ2n) is 6.04. The number of hydrogen-bond donors (Lipinski definition) is 1. The molecule has 1 heterocycles. The summed E-state index contributed by atoms with van der Waals surface area (Å²) in [6.45, 7) is 7.25. The molecule has 0 aliphatic carbocycles. The lowest BCUT2D eigenvalue weighted by atomic mass is 9.84. The van der Waals surface area contributed by atoms with Gasteiger partial charge in [0.15, 0.2) is 0 Å². The highest BCUT2D eigenvalue weighted by atomic mass is 15.3. The third-order valence-corrected chi connectivity index (χ3v) is 3.75. The summed E-state index contributed by atoms with van der Waals surface area (Å²) in [5.74, 6) is 1.96. The first-order valence-corrected chi connectivity index (χ1v) is 7.20. The van der Waals surface area contributed by atoms with Gasteiger partial charge in [-0.2, -0.15) is 0 Å². The Hall–Kier alpha value is -1.68. The van der Waals surface area contributed by atoms with Crippen LogP contribution in [0.4, 0.5) is 0 Å². The minimum atomic E-state index is 0.246. The van der Waals surface area contributed by atoms with Gasteiger partial charge < -0.3 is 5.73 Å². The van der Waals surface area contributed by atoms with Gasteiger partial charge in [0.2, 0.25) is 0 Å². The molecule has 1 aromatic heterocycles. The van der Waals surface area contributed by atoms with Gasteiger partial charge in [0.05, 0.1) is 0 Å². The van der Waals surface area contributed by atoms with E-state index in [1.54, 1.807) is 0 Å². The molecule has 20 heavy (non-hydrogen) atoms. The zero-order valence-electron chi connectivity index (χ0n) is 12.6. The third kappa shape index (κ3) is 3.45. The Morgan fingerprint density at radius 2 is 1.80 bits per heavy atom. The third-order valence-electron chi connectivity index (χ3n) is 3.75. The quantitative estimate of drug-likeness (QED) is 0.879. The maximum atomic E-state index is 5.68. The normalized spacial score (nSPS) is 11.8. The van der Waals surface area contributed by atoms with Crippen molar-refractivity contribution in [3.05, 3.63) is 42.0 Å². The Kier molecular flexibility index (Phi) is 4.55. The van der Waals surface area contributed by atoms with E-state index in [0.717, 1.165) is 43.1 Å². The van der Waals surface area contributed by atoms with Crippen molar-refractivity contribution in [2.45, 2.75) is 40.0 Å². The number of nitrogens with two attached hydrogens (primary N) is 1. The van der Waals surface area contributed by atoms with Crippen LogP contribution in [0.15, 0.2) is 30.3 Å². The molecule has 0 atom stereocenters. The summed E-state index contributed by atoms with van der Waals surface area (Å²) in [5.41, 5.74) is 7.05. The molecule has 1 aromatic carbocycles. The van der Waals surface area contributed by atoms with Crippen molar-refractivity contribution < 1.29 is 0 Å². The molecule has 0 aliphatic rings. The van der Waals surface area contributed by atoms with E-state index in [4.69, 9.17) is 5.73 Å². The lowest BCUT2D eigenvalue weighted by Crippen LogP contribution is -2.18. The number of rotatable bonds is 6. The molecule has 0 fully saturated rings. The van der Waals surface area contributed by atoms with Crippen LogP contribution in [0.3, 0.4) is 0 Å². The molecule has 0 unspecified atom stereocenters. The van der Waals surface area contributed by atoms with Crippen molar-refractivity contribution >= 4 is 0 Å². The summed E-state index contributed by atoms with van der Waals surface area (Å²) in [5, 5.41) is 8.56. The molecular weight excluding hydrogens is 248 g/mol. The van der Waals surface area contributed by atoms with Crippen LogP contribution in [-0.2, 0) is 6.42 Å². The molecule has 108 valence electrons. The van der Waals surface area contributed by atoms with E-state index in [1.165, 1.54) is 0 Å². The van der Waals surface area contributed by atoms with Crippen molar-refractivity contribution in [1.29, 1.82) is 0 Å². The predicted molar refractivity (Wildman–Crippen MR) is 81.9 cm³/mol. The monoisotopic (exact) mass is 272 g/mol. The van der Waals surface area contributed by atoms with Gasteiger partial charge in [-0.15, -0.1) is 10.2 Å². The number of para-hydroxylation sites is 1. The smallest absolute Gasteiger partial charge is 0.137 e. The lowest BCUT2D eigenvalue weighted by molar-refractivity contribution is 0.310. The molecule has 0 saturated carbocycles. The average Bonchev–Trinajstić information content (AvgIpc) is 2.79. The molecule has 0 bridgehead atoms. The van der Waals surface area contributed by atoms with Gasteiger partial charge in [0.1, 0.15) is 11.6 Å². The van der Waals surface area contributed by atoms with E-state index in [2.05, 4.69) is 40.7 Å². The van der Waals surface area contributed by atoms with Gasteiger partial charge in [-0.3, -0.25) is 4.57 Å². The SMILES string of the molecule is Cc1nnc(CCC(C)(C)CCN)n1-c1ccccc1.